The second-order valence-corrected chi connectivity index (χ2v) is 8.80. The number of aliphatic hydroxyl groups is 1. The molecule has 0 saturated carbocycles. The van der Waals surface area contributed by atoms with Crippen molar-refractivity contribution in [3.63, 3.8) is 0 Å². The van der Waals surface area contributed by atoms with Crippen LogP contribution in [-0.4, -0.2) is 39.7 Å². The molecule has 1 aromatic rings. The number of nitrogens with zero attached hydrogens (tertiary/aromatic N) is 2. The molecule has 0 atom stereocenters. The van der Waals surface area contributed by atoms with Gasteiger partial charge in [0.05, 0.1) is 11.3 Å². The first-order valence-corrected chi connectivity index (χ1v) is 8.77. The number of anilines is 1. The van der Waals surface area contributed by atoms with Crippen molar-refractivity contribution in [1.82, 2.24) is 9.88 Å². The van der Waals surface area contributed by atoms with Gasteiger partial charge in [-0.25, -0.2) is 9.78 Å². The van der Waals surface area contributed by atoms with Gasteiger partial charge in [0.25, 0.3) is 0 Å². The summed E-state index contributed by atoms with van der Waals surface area (Å²) in [5.74, 6) is 0.154. The smallest absolute Gasteiger partial charge is 0.323 e. The van der Waals surface area contributed by atoms with E-state index < -0.39 is 5.60 Å². The summed E-state index contributed by atoms with van der Waals surface area (Å²) >= 11 is 1.61. The first-order chi connectivity index (χ1) is 10.2. The molecule has 6 heteroatoms. The molecule has 1 aliphatic carbocycles. The molecule has 22 heavy (non-hydrogen) atoms. The van der Waals surface area contributed by atoms with E-state index in [1.54, 1.807) is 30.1 Å². The number of fused-ring (bicyclic) bond motifs is 1. The van der Waals surface area contributed by atoms with E-state index in [4.69, 9.17) is 0 Å². The molecule has 2 aliphatic rings. The zero-order valence-corrected chi connectivity index (χ0v) is 14.6. The quantitative estimate of drug-likeness (QED) is 0.879. The molecule has 3 rings (SSSR count). The molecular weight excluding hydrogens is 298 g/mol. The molecule has 2 heterocycles. The van der Waals surface area contributed by atoms with E-state index in [2.05, 4.69) is 24.1 Å². The van der Waals surface area contributed by atoms with Crippen LogP contribution in [0.5, 0.6) is 0 Å². The summed E-state index contributed by atoms with van der Waals surface area (Å²) in [6, 6.07) is -0.107. The zero-order valence-electron chi connectivity index (χ0n) is 13.8. The van der Waals surface area contributed by atoms with E-state index >= 15 is 0 Å². The fourth-order valence-corrected chi connectivity index (χ4v) is 4.35. The van der Waals surface area contributed by atoms with Crippen molar-refractivity contribution in [3.8, 4) is 0 Å². The zero-order chi connectivity index (χ0) is 16.1. The van der Waals surface area contributed by atoms with Crippen LogP contribution < -0.4 is 5.32 Å². The number of aromatic nitrogens is 1. The number of aryl methyl sites for hydroxylation is 1. The second-order valence-electron chi connectivity index (χ2n) is 7.71. The number of hydrogen-bond acceptors (Lipinski definition) is 4. The number of hydrogen-bond donors (Lipinski definition) is 2. The Morgan fingerprint density at radius 2 is 2.14 bits per heavy atom. The first kappa shape index (κ1) is 15.7. The third kappa shape index (κ3) is 2.86. The van der Waals surface area contributed by atoms with Gasteiger partial charge in [0, 0.05) is 29.3 Å². The van der Waals surface area contributed by atoms with Crippen LogP contribution >= 0.6 is 11.3 Å². The fraction of sp³-hybridized carbons (Fsp3) is 0.750. The Morgan fingerprint density at radius 3 is 2.73 bits per heavy atom. The Labute approximate surface area is 135 Å². The largest absolute Gasteiger partial charge is 0.390 e. The minimum absolute atomic E-state index is 0.107. The monoisotopic (exact) mass is 323 g/mol. The maximum absolute atomic E-state index is 12.2. The highest BCUT2D eigenvalue weighted by molar-refractivity contribution is 7.15. The van der Waals surface area contributed by atoms with Crippen LogP contribution in [0, 0.1) is 5.92 Å². The van der Waals surface area contributed by atoms with Gasteiger partial charge in [-0.05, 0) is 33.1 Å². The topological polar surface area (TPSA) is 65.5 Å². The Morgan fingerprint density at radius 1 is 1.45 bits per heavy atom. The highest BCUT2D eigenvalue weighted by atomic mass is 32.1. The summed E-state index contributed by atoms with van der Waals surface area (Å²) in [4.78, 5) is 19.9. The summed E-state index contributed by atoms with van der Waals surface area (Å²) in [5, 5.41) is 13.6. The van der Waals surface area contributed by atoms with Gasteiger partial charge >= 0.3 is 6.03 Å². The number of carbonyl (C=O) groups excluding carboxylic acids is 1. The predicted octanol–water partition coefficient (Wildman–Crippen LogP) is 2.99. The van der Waals surface area contributed by atoms with Crippen molar-refractivity contribution in [2.45, 2.75) is 58.0 Å². The summed E-state index contributed by atoms with van der Waals surface area (Å²) in [6.07, 6.45) is 3.41. The van der Waals surface area contributed by atoms with Crippen molar-refractivity contribution in [2.75, 3.05) is 18.4 Å². The molecule has 5 nitrogen and oxygen atoms in total. The second kappa shape index (κ2) is 5.20. The van der Waals surface area contributed by atoms with Crippen LogP contribution in [0.3, 0.4) is 0 Å². The molecule has 1 saturated heterocycles. The number of likely N-dealkylation sites (tertiary alicyclic amines) is 1. The van der Waals surface area contributed by atoms with Crippen LogP contribution in [-0.2, 0) is 11.8 Å². The number of rotatable bonds is 2. The Kier molecular flexibility index (Phi) is 3.72. The lowest BCUT2D eigenvalue weighted by atomic mass is 9.79. The van der Waals surface area contributed by atoms with Crippen molar-refractivity contribution in [1.29, 1.82) is 0 Å². The molecule has 1 fully saturated rings. The van der Waals surface area contributed by atoms with Gasteiger partial charge in [-0.1, -0.05) is 13.8 Å². The molecular formula is C16H25N3O2S. The van der Waals surface area contributed by atoms with E-state index in [9.17, 15) is 9.90 Å². The van der Waals surface area contributed by atoms with Crippen LogP contribution in [0.15, 0.2) is 0 Å². The number of carbonyl (C=O) groups is 1. The van der Waals surface area contributed by atoms with Gasteiger partial charge in [0.15, 0.2) is 5.13 Å². The lowest BCUT2D eigenvalue weighted by Gasteiger charge is -2.44. The van der Waals surface area contributed by atoms with Crippen molar-refractivity contribution in [3.05, 3.63) is 10.6 Å². The van der Waals surface area contributed by atoms with Crippen molar-refractivity contribution >= 4 is 22.5 Å². The molecule has 0 radical (unpaired) electrons. The minimum Gasteiger partial charge on any atom is -0.390 e. The van der Waals surface area contributed by atoms with E-state index in [0.29, 0.717) is 18.2 Å². The lowest BCUT2D eigenvalue weighted by molar-refractivity contribution is -0.0440. The Balaban J connectivity index is 1.63. The van der Waals surface area contributed by atoms with Gasteiger partial charge in [0.2, 0.25) is 0 Å². The normalized spacial score (nSPS) is 21.2. The van der Waals surface area contributed by atoms with Crippen molar-refractivity contribution in [2.24, 2.45) is 5.92 Å². The molecule has 122 valence electrons. The van der Waals surface area contributed by atoms with Crippen LogP contribution in [0.4, 0.5) is 9.93 Å². The number of nitrogens with one attached hydrogen (secondary N) is 1. The highest BCUT2D eigenvalue weighted by Gasteiger charge is 2.40. The molecule has 1 aliphatic heterocycles. The van der Waals surface area contributed by atoms with E-state index in [1.807, 2.05) is 0 Å². The molecule has 2 amide bonds. The van der Waals surface area contributed by atoms with Gasteiger partial charge in [-0.2, -0.15) is 0 Å². The summed E-state index contributed by atoms with van der Waals surface area (Å²) in [6.45, 7) is 9.24. The predicted molar refractivity (Wildman–Crippen MR) is 88.5 cm³/mol. The first-order valence-electron chi connectivity index (χ1n) is 7.95. The summed E-state index contributed by atoms with van der Waals surface area (Å²) in [5.41, 5.74) is 0.536. The Hall–Kier alpha value is -1.14. The average Bonchev–Trinajstić information content (AvgIpc) is 2.68. The van der Waals surface area contributed by atoms with Gasteiger partial charge in [0.1, 0.15) is 0 Å². The third-order valence-corrected chi connectivity index (χ3v) is 5.96. The SMILES string of the molecule is CC1(C)CCCc2sc(NC(=O)N3CC(C(C)(C)O)C3)nc21. The minimum atomic E-state index is -0.721. The molecule has 0 unspecified atom stereocenters. The molecule has 1 aromatic heterocycles. The average molecular weight is 323 g/mol. The van der Waals surface area contributed by atoms with Gasteiger partial charge in [-0.15, -0.1) is 11.3 Å². The molecule has 2 N–H and O–H groups in total. The number of thiazole rings is 1. The van der Waals surface area contributed by atoms with Gasteiger partial charge < -0.3 is 10.0 Å². The van der Waals surface area contributed by atoms with Crippen LogP contribution in [0.25, 0.3) is 0 Å². The molecule has 0 aromatic carbocycles. The number of urea groups is 1. The van der Waals surface area contributed by atoms with E-state index in [-0.39, 0.29) is 17.4 Å². The van der Waals surface area contributed by atoms with Gasteiger partial charge in [-0.3, -0.25) is 5.32 Å². The van der Waals surface area contributed by atoms with Crippen LogP contribution in [0.1, 0.15) is 51.1 Å². The lowest BCUT2D eigenvalue weighted by Crippen LogP contribution is -2.58. The fourth-order valence-electron chi connectivity index (χ4n) is 3.17. The van der Waals surface area contributed by atoms with Crippen molar-refractivity contribution < 1.29 is 9.90 Å². The van der Waals surface area contributed by atoms with Crippen LogP contribution in [0.2, 0.25) is 0 Å². The Bertz CT molecular complexity index is 583. The molecule has 0 spiro atoms. The highest BCUT2D eigenvalue weighted by Crippen LogP contribution is 2.40. The van der Waals surface area contributed by atoms with E-state index in [0.717, 1.165) is 18.5 Å². The summed E-state index contributed by atoms with van der Waals surface area (Å²) in [7, 11) is 0. The maximum Gasteiger partial charge on any atom is 0.323 e. The van der Waals surface area contributed by atoms with E-state index in [1.165, 1.54) is 11.3 Å². The third-order valence-electron chi connectivity index (χ3n) is 4.93. The number of amides is 2. The molecule has 0 bridgehead atoms. The standard InChI is InChI=1S/C16H25N3O2S/c1-15(2)7-5-6-11-12(15)17-13(22-11)18-14(20)19-8-10(9-19)16(3,4)21/h10,21H,5-9H2,1-4H3,(H,17,18,20). The maximum atomic E-state index is 12.2. The summed E-state index contributed by atoms with van der Waals surface area (Å²) < 4.78 is 0.